The van der Waals surface area contributed by atoms with Gasteiger partial charge >= 0.3 is 0 Å². The molecule has 0 radical (unpaired) electrons. The van der Waals surface area contributed by atoms with E-state index in [9.17, 15) is 9.59 Å². The van der Waals surface area contributed by atoms with E-state index in [4.69, 9.17) is 5.11 Å². The molecule has 1 rings (SSSR count). The van der Waals surface area contributed by atoms with Crippen molar-refractivity contribution in [2.24, 2.45) is 0 Å². The highest BCUT2D eigenvalue weighted by atomic mass is 79.9. The zero-order valence-electron chi connectivity index (χ0n) is 11.0. The highest BCUT2D eigenvalue weighted by molar-refractivity contribution is 9.10. The highest BCUT2D eigenvalue weighted by Crippen LogP contribution is 2.10. The van der Waals surface area contributed by atoms with Gasteiger partial charge in [0.1, 0.15) is 0 Å². The van der Waals surface area contributed by atoms with E-state index < -0.39 is 0 Å². The third-order valence-corrected chi connectivity index (χ3v) is 3.11. The van der Waals surface area contributed by atoms with Crippen LogP contribution in [-0.4, -0.2) is 48.1 Å². The molecule has 2 N–H and O–H groups in total. The monoisotopic (exact) mass is 340 g/mol. The van der Waals surface area contributed by atoms with Gasteiger partial charge in [-0.05, 0) is 24.3 Å². The lowest BCUT2D eigenvalue weighted by molar-refractivity contribution is -0.130. The standard InChI is InChI=1S/C14H17BrN2O3/c1-2-7-17(8-9-18)13(19)10-16-14(20)11-3-5-12(15)6-4-11/h2-6,18H,1,7-10H2,(H,16,20). The van der Waals surface area contributed by atoms with Gasteiger partial charge in [0.2, 0.25) is 5.91 Å². The van der Waals surface area contributed by atoms with Crippen molar-refractivity contribution in [3.8, 4) is 0 Å². The van der Waals surface area contributed by atoms with Crippen molar-refractivity contribution in [1.29, 1.82) is 0 Å². The van der Waals surface area contributed by atoms with Crippen LogP contribution in [0.4, 0.5) is 0 Å². The summed E-state index contributed by atoms with van der Waals surface area (Å²) in [7, 11) is 0. The van der Waals surface area contributed by atoms with Gasteiger partial charge < -0.3 is 15.3 Å². The molecule has 1 aromatic rings. The van der Waals surface area contributed by atoms with Gasteiger partial charge in [-0.25, -0.2) is 0 Å². The Bertz CT molecular complexity index is 474. The Morgan fingerprint density at radius 3 is 2.55 bits per heavy atom. The minimum absolute atomic E-state index is 0.108. The van der Waals surface area contributed by atoms with E-state index in [2.05, 4.69) is 27.8 Å². The fourth-order valence-corrected chi connectivity index (χ4v) is 1.83. The number of aliphatic hydroxyl groups excluding tert-OH is 1. The number of nitrogens with one attached hydrogen (secondary N) is 1. The first-order chi connectivity index (χ1) is 9.58. The summed E-state index contributed by atoms with van der Waals surface area (Å²) in [5.74, 6) is -0.571. The largest absolute Gasteiger partial charge is 0.395 e. The molecule has 5 nitrogen and oxygen atoms in total. The van der Waals surface area contributed by atoms with Crippen molar-refractivity contribution in [2.75, 3.05) is 26.2 Å². The van der Waals surface area contributed by atoms with Crippen LogP contribution in [-0.2, 0) is 4.79 Å². The van der Waals surface area contributed by atoms with Gasteiger partial charge in [-0.1, -0.05) is 22.0 Å². The van der Waals surface area contributed by atoms with Crippen molar-refractivity contribution in [1.82, 2.24) is 10.2 Å². The maximum Gasteiger partial charge on any atom is 0.251 e. The molecule has 2 amide bonds. The second-order valence-electron chi connectivity index (χ2n) is 4.04. The molecule has 0 aliphatic heterocycles. The molecule has 6 heteroatoms. The van der Waals surface area contributed by atoms with E-state index in [0.717, 1.165) is 4.47 Å². The van der Waals surface area contributed by atoms with E-state index in [1.165, 1.54) is 4.90 Å². The predicted octanol–water partition coefficient (Wildman–Crippen LogP) is 1.19. The van der Waals surface area contributed by atoms with Crippen LogP contribution in [0.25, 0.3) is 0 Å². The number of hydrogen-bond donors (Lipinski definition) is 2. The van der Waals surface area contributed by atoms with Crippen LogP contribution in [0.15, 0.2) is 41.4 Å². The van der Waals surface area contributed by atoms with Gasteiger partial charge in [0.15, 0.2) is 0 Å². The summed E-state index contributed by atoms with van der Waals surface area (Å²) in [6.07, 6.45) is 1.57. The molecule has 0 spiro atoms. The maximum absolute atomic E-state index is 11.9. The third kappa shape index (κ3) is 5.14. The Morgan fingerprint density at radius 2 is 2.00 bits per heavy atom. The minimum Gasteiger partial charge on any atom is -0.395 e. The molecule has 108 valence electrons. The van der Waals surface area contributed by atoms with Gasteiger partial charge in [-0.15, -0.1) is 6.58 Å². The first-order valence-corrected chi connectivity index (χ1v) is 6.91. The number of hydrogen-bond acceptors (Lipinski definition) is 3. The highest BCUT2D eigenvalue weighted by Gasteiger charge is 2.13. The number of halogens is 1. The Hall–Kier alpha value is -1.66. The lowest BCUT2D eigenvalue weighted by Gasteiger charge is -2.20. The number of benzene rings is 1. The maximum atomic E-state index is 11.9. The molecule has 0 fully saturated rings. The van der Waals surface area contributed by atoms with E-state index >= 15 is 0 Å². The summed E-state index contributed by atoms with van der Waals surface area (Å²) in [5, 5.41) is 11.4. The first-order valence-electron chi connectivity index (χ1n) is 6.11. The van der Waals surface area contributed by atoms with Crippen molar-refractivity contribution in [3.63, 3.8) is 0 Å². The summed E-state index contributed by atoms with van der Waals surface area (Å²) >= 11 is 3.28. The number of carbonyl (C=O) groups is 2. The summed E-state index contributed by atoms with van der Waals surface area (Å²) in [5.41, 5.74) is 0.485. The van der Waals surface area contributed by atoms with Crippen LogP contribution in [0, 0.1) is 0 Å². The fraction of sp³-hybridized carbons (Fsp3) is 0.286. The molecule has 0 aliphatic carbocycles. The molecule has 20 heavy (non-hydrogen) atoms. The number of amides is 2. The third-order valence-electron chi connectivity index (χ3n) is 2.58. The molecule has 0 saturated carbocycles. The minimum atomic E-state index is -0.312. The Labute approximate surface area is 126 Å². The normalized spacial score (nSPS) is 9.90. The fourth-order valence-electron chi connectivity index (χ4n) is 1.57. The Balaban J connectivity index is 2.52. The van der Waals surface area contributed by atoms with E-state index in [1.807, 2.05) is 0 Å². The second-order valence-corrected chi connectivity index (χ2v) is 4.96. The van der Waals surface area contributed by atoms with E-state index in [1.54, 1.807) is 30.3 Å². The molecule has 0 aliphatic rings. The topological polar surface area (TPSA) is 69.6 Å². The zero-order chi connectivity index (χ0) is 15.0. The molecule has 1 aromatic carbocycles. The zero-order valence-corrected chi connectivity index (χ0v) is 12.6. The smallest absolute Gasteiger partial charge is 0.251 e. The summed E-state index contributed by atoms with van der Waals surface area (Å²) in [6.45, 7) is 3.88. The van der Waals surface area contributed by atoms with Gasteiger partial charge in [0.25, 0.3) is 5.91 Å². The van der Waals surface area contributed by atoms with Crippen molar-refractivity contribution in [2.45, 2.75) is 0 Å². The molecule has 0 heterocycles. The van der Waals surface area contributed by atoms with Crippen LogP contribution >= 0.6 is 15.9 Å². The Kier molecular flexibility index (Phi) is 6.97. The summed E-state index contributed by atoms with van der Waals surface area (Å²) in [6, 6.07) is 6.84. The van der Waals surface area contributed by atoms with Crippen LogP contribution in [0.5, 0.6) is 0 Å². The molecular weight excluding hydrogens is 324 g/mol. The molecular formula is C14H17BrN2O3. The van der Waals surface area contributed by atoms with Gasteiger partial charge in [0.05, 0.1) is 13.2 Å². The second kappa shape index (κ2) is 8.50. The van der Waals surface area contributed by atoms with Gasteiger partial charge in [-0.2, -0.15) is 0 Å². The SMILES string of the molecule is C=CCN(CCO)C(=O)CNC(=O)c1ccc(Br)cc1. The Morgan fingerprint density at radius 1 is 1.35 bits per heavy atom. The molecule has 0 bridgehead atoms. The van der Waals surface area contributed by atoms with Crippen LogP contribution in [0.3, 0.4) is 0 Å². The molecule has 0 saturated heterocycles. The summed E-state index contributed by atoms with van der Waals surface area (Å²) < 4.78 is 0.880. The van der Waals surface area contributed by atoms with Crippen molar-refractivity contribution >= 4 is 27.7 Å². The quantitative estimate of drug-likeness (QED) is 0.732. The lowest BCUT2D eigenvalue weighted by Crippen LogP contribution is -2.41. The van der Waals surface area contributed by atoms with Crippen LogP contribution < -0.4 is 5.32 Å². The summed E-state index contributed by atoms with van der Waals surface area (Å²) in [4.78, 5) is 25.1. The van der Waals surface area contributed by atoms with Gasteiger partial charge in [0, 0.05) is 23.1 Å². The lowest BCUT2D eigenvalue weighted by atomic mass is 10.2. The number of aliphatic hydroxyl groups is 1. The van der Waals surface area contributed by atoms with E-state index in [0.29, 0.717) is 12.1 Å². The molecule has 0 aromatic heterocycles. The van der Waals surface area contributed by atoms with E-state index in [-0.39, 0.29) is 31.5 Å². The first kappa shape index (κ1) is 16.4. The number of nitrogens with zero attached hydrogens (tertiary/aromatic N) is 1. The average molecular weight is 341 g/mol. The van der Waals surface area contributed by atoms with Crippen LogP contribution in [0.2, 0.25) is 0 Å². The molecule has 0 atom stereocenters. The van der Waals surface area contributed by atoms with Crippen LogP contribution in [0.1, 0.15) is 10.4 Å². The van der Waals surface area contributed by atoms with Crippen molar-refractivity contribution < 1.29 is 14.7 Å². The van der Waals surface area contributed by atoms with Crippen molar-refractivity contribution in [3.05, 3.63) is 47.0 Å². The predicted molar refractivity (Wildman–Crippen MR) is 80.3 cm³/mol. The number of carbonyl (C=O) groups excluding carboxylic acids is 2. The average Bonchev–Trinajstić information content (AvgIpc) is 2.45. The number of rotatable bonds is 7. The van der Waals surface area contributed by atoms with Gasteiger partial charge in [-0.3, -0.25) is 9.59 Å². The molecule has 0 unspecified atom stereocenters.